The summed E-state index contributed by atoms with van der Waals surface area (Å²) in [7, 11) is 1.74. The third-order valence-electron chi connectivity index (χ3n) is 2.28. The zero-order valence-corrected chi connectivity index (χ0v) is 10.2. The summed E-state index contributed by atoms with van der Waals surface area (Å²) in [4.78, 5) is 12.7. The van der Waals surface area contributed by atoms with Gasteiger partial charge in [-0.3, -0.25) is 9.69 Å². The van der Waals surface area contributed by atoms with Gasteiger partial charge in [-0.1, -0.05) is 19.8 Å². The summed E-state index contributed by atoms with van der Waals surface area (Å²) in [6.07, 6.45) is 2.52. The van der Waals surface area contributed by atoms with E-state index in [2.05, 4.69) is 0 Å². The first-order chi connectivity index (χ1) is 6.78. The maximum atomic E-state index is 11.0. The van der Waals surface area contributed by atoms with Gasteiger partial charge in [-0.2, -0.15) is 0 Å². The van der Waals surface area contributed by atoms with E-state index in [0.29, 0.717) is 13.0 Å². The smallest absolute Gasteiger partial charge is 0.320 e. The normalized spacial score (nSPS) is 14.3. The van der Waals surface area contributed by atoms with Crippen LogP contribution in [0.15, 0.2) is 0 Å². The van der Waals surface area contributed by atoms with Gasteiger partial charge < -0.3 is 10.2 Å². The number of aliphatic hydroxyl groups is 1. The number of hydrogen-bond donors (Lipinski definition) is 2. The van der Waals surface area contributed by atoms with Crippen molar-refractivity contribution in [2.45, 2.75) is 51.7 Å². The van der Waals surface area contributed by atoms with Gasteiger partial charge in [0, 0.05) is 6.54 Å². The molecule has 1 unspecified atom stereocenters. The van der Waals surface area contributed by atoms with Crippen molar-refractivity contribution < 1.29 is 15.0 Å². The summed E-state index contributed by atoms with van der Waals surface area (Å²) in [6, 6.07) is -0.489. The summed E-state index contributed by atoms with van der Waals surface area (Å²) in [5, 5.41) is 18.7. The van der Waals surface area contributed by atoms with Gasteiger partial charge in [-0.15, -0.1) is 0 Å². The number of hydrogen-bond acceptors (Lipinski definition) is 3. The summed E-state index contributed by atoms with van der Waals surface area (Å²) >= 11 is 0. The second kappa shape index (κ2) is 6.08. The van der Waals surface area contributed by atoms with Crippen LogP contribution in [0.25, 0.3) is 0 Å². The van der Waals surface area contributed by atoms with Gasteiger partial charge in [0.1, 0.15) is 6.04 Å². The summed E-state index contributed by atoms with van der Waals surface area (Å²) < 4.78 is 0. The molecule has 0 aliphatic heterocycles. The van der Waals surface area contributed by atoms with E-state index >= 15 is 0 Å². The van der Waals surface area contributed by atoms with E-state index in [1.54, 1.807) is 25.8 Å². The maximum Gasteiger partial charge on any atom is 0.320 e. The molecule has 0 rings (SSSR count). The number of carbonyl (C=O) groups is 1. The van der Waals surface area contributed by atoms with Gasteiger partial charge in [-0.05, 0) is 27.3 Å². The highest BCUT2D eigenvalue weighted by molar-refractivity contribution is 5.73. The Balaban J connectivity index is 4.29. The largest absolute Gasteiger partial charge is 0.480 e. The molecule has 0 spiro atoms. The molecule has 0 amide bonds. The first-order valence-electron chi connectivity index (χ1n) is 5.43. The molecule has 0 heterocycles. The van der Waals surface area contributed by atoms with Crippen LogP contribution in [0.2, 0.25) is 0 Å². The fourth-order valence-corrected chi connectivity index (χ4v) is 1.65. The fourth-order valence-electron chi connectivity index (χ4n) is 1.65. The molecule has 4 heteroatoms. The van der Waals surface area contributed by atoms with Crippen LogP contribution >= 0.6 is 0 Å². The van der Waals surface area contributed by atoms with E-state index in [4.69, 9.17) is 5.11 Å². The Kier molecular flexibility index (Phi) is 5.83. The summed E-state index contributed by atoms with van der Waals surface area (Å²) in [6.45, 7) is 5.77. The van der Waals surface area contributed by atoms with Crippen molar-refractivity contribution in [2.24, 2.45) is 0 Å². The molecule has 2 N–H and O–H groups in total. The molecule has 0 bridgehead atoms. The average Bonchev–Trinajstić information content (AvgIpc) is 2.00. The zero-order valence-electron chi connectivity index (χ0n) is 10.2. The minimum atomic E-state index is -0.853. The molecule has 0 aliphatic carbocycles. The van der Waals surface area contributed by atoms with Gasteiger partial charge >= 0.3 is 5.97 Å². The lowest BCUT2D eigenvalue weighted by molar-refractivity contribution is -0.144. The Morgan fingerprint density at radius 3 is 2.33 bits per heavy atom. The van der Waals surface area contributed by atoms with E-state index in [0.717, 1.165) is 12.8 Å². The second-order valence-electron chi connectivity index (χ2n) is 4.72. The highest BCUT2D eigenvalue weighted by Gasteiger charge is 2.26. The van der Waals surface area contributed by atoms with Gasteiger partial charge in [0.15, 0.2) is 0 Å². The van der Waals surface area contributed by atoms with Crippen LogP contribution in [0.1, 0.15) is 40.0 Å². The number of carboxylic acids is 1. The molecule has 0 saturated heterocycles. The fraction of sp³-hybridized carbons (Fsp3) is 0.909. The van der Waals surface area contributed by atoms with Crippen LogP contribution in [-0.2, 0) is 4.79 Å². The third kappa shape index (κ3) is 6.47. The van der Waals surface area contributed by atoms with Gasteiger partial charge in [0.25, 0.3) is 0 Å². The highest BCUT2D eigenvalue weighted by Crippen LogP contribution is 2.11. The number of aliphatic carboxylic acids is 1. The predicted molar refractivity (Wildman–Crippen MR) is 59.9 cm³/mol. The zero-order chi connectivity index (χ0) is 12.1. The number of likely N-dealkylation sites (N-methyl/N-ethyl adjacent to an activating group) is 1. The van der Waals surface area contributed by atoms with Crippen molar-refractivity contribution in [3.8, 4) is 0 Å². The molecule has 4 nitrogen and oxygen atoms in total. The Morgan fingerprint density at radius 2 is 2.00 bits per heavy atom. The van der Waals surface area contributed by atoms with Crippen LogP contribution < -0.4 is 0 Å². The quantitative estimate of drug-likeness (QED) is 0.675. The molecule has 0 aliphatic rings. The molecule has 0 fully saturated rings. The molecule has 0 aromatic rings. The molecular formula is C11H23NO3. The predicted octanol–water partition coefficient (Wildman–Crippen LogP) is 1.33. The lowest BCUT2D eigenvalue weighted by Crippen LogP contribution is -2.45. The van der Waals surface area contributed by atoms with E-state index in [1.807, 2.05) is 6.92 Å². The maximum absolute atomic E-state index is 11.0. The second-order valence-corrected chi connectivity index (χ2v) is 4.72. The van der Waals surface area contributed by atoms with E-state index in [1.165, 1.54) is 0 Å². The van der Waals surface area contributed by atoms with Crippen molar-refractivity contribution in [3.63, 3.8) is 0 Å². The Morgan fingerprint density at radius 1 is 1.47 bits per heavy atom. The van der Waals surface area contributed by atoms with Crippen molar-refractivity contribution in [1.29, 1.82) is 0 Å². The van der Waals surface area contributed by atoms with E-state index in [9.17, 15) is 9.90 Å². The average molecular weight is 217 g/mol. The first kappa shape index (κ1) is 14.4. The number of unbranched alkanes of at least 4 members (excludes halogenated alkanes) is 1. The third-order valence-corrected chi connectivity index (χ3v) is 2.28. The van der Waals surface area contributed by atoms with Gasteiger partial charge in [-0.25, -0.2) is 0 Å². The number of rotatable bonds is 7. The van der Waals surface area contributed by atoms with Crippen LogP contribution in [-0.4, -0.2) is 46.3 Å². The Bertz CT molecular complexity index is 198. The molecule has 0 aromatic heterocycles. The molecule has 1 atom stereocenters. The van der Waals surface area contributed by atoms with Crippen LogP contribution in [0.4, 0.5) is 0 Å². The van der Waals surface area contributed by atoms with Crippen molar-refractivity contribution in [1.82, 2.24) is 4.90 Å². The number of nitrogens with zero attached hydrogens (tertiary/aromatic N) is 1. The lowest BCUT2D eigenvalue weighted by atomic mass is 10.1. The van der Waals surface area contributed by atoms with Crippen LogP contribution in [0, 0.1) is 0 Å². The molecule has 0 saturated carbocycles. The van der Waals surface area contributed by atoms with Crippen LogP contribution in [0.5, 0.6) is 0 Å². The van der Waals surface area contributed by atoms with E-state index < -0.39 is 17.6 Å². The standard InChI is InChI=1S/C11H23NO3/c1-5-6-7-9(10(13)14)12(4)8-11(2,3)15/h9,15H,5-8H2,1-4H3,(H,13,14). The molecule has 0 radical (unpaired) electrons. The summed E-state index contributed by atoms with van der Waals surface area (Å²) in [5.74, 6) is -0.810. The van der Waals surface area contributed by atoms with Gasteiger partial charge in [0.05, 0.1) is 5.60 Å². The van der Waals surface area contributed by atoms with Crippen molar-refractivity contribution in [3.05, 3.63) is 0 Å². The van der Waals surface area contributed by atoms with Gasteiger partial charge in [0.2, 0.25) is 0 Å². The van der Waals surface area contributed by atoms with Crippen molar-refractivity contribution in [2.75, 3.05) is 13.6 Å². The highest BCUT2D eigenvalue weighted by atomic mass is 16.4. The Labute approximate surface area is 91.9 Å². The molecule has 15 heavy (non-hydrogen) atoms. The molecule has 0 aromatic carbocycles. The minimum absolute atomic E-state index is 0.369. The first-order valence-corrected chi connectivity index (χ1v) is 5.43. The summed E-state index contributed by atoms with van der Waals surface area (Å²) in [5.41, 5.74) is -0.853. The topological polar surface area (TPSA) is 60.8 Å². The Hall–Kier alpha value is -0.610. The molecule has 90 valence electrons. The monoisotopic (exact) mass is 217 g/mol. The SMILES string of the molecule is CCCCC(C(=O)O)N(C)CC(C)(C)O. The number of carboxylic acid groups (broad SMARTS) is 1. The van der Waals surface area contributed by atoms with Crippen LogP contribution in [0.3, 0.4) is 0 Å². The molecular weight excluding hydrogens is 194 g/mol. The minimum Gasteiger partial charge on any atom is -0.480 e. The van der Waals surface area contributed by atoms with Crippen molar-refractivity contribution >= 4 is 5.97 Å². The lowest BCUT2D eigenvalue weighted by Gasteiger charge is -2.30. The van der Waals surface area contributed by atoms with E-state index in [-0.39, 0.29) is 0 Å².